The van der Waals surface area contributed by atoms with Gasteiger partial charge in [0.1, 0.15) is 6.67 Å². The molecule has 1 aliphatic rings. The van der Waals surface area contributed by atoms with Gasteiger partial charge in [-0.1, -0.05) is 0 Å². The Bertz CT molecular complexity index is 131. The second-order valence-corrected chi connectivity index (χ2v) is 3.38. The fourth-order valence-electron chi connectivity index (χ4n) is 1.67. The van der Waals surface area contributed by atoms with Gasteiger partial charge < -0.3 is 10.6 Å². The van der Waals surface area contributed by atoms with Gasteiger partial charge in [-0.25, -0.2) is 4.39 Å². The van der Waals surface area contributed by atoms with Crippen LogP contribution in [0.3, 0.4) is 0 Å². The van der Waals surface area contributed by atoms with Gasteiger partial charge in [0.25, 0.3) is 0 Å². The Balaban J connectivity index is 2.39. The van der Waals surface area contributed by atoms with Gasteiger partial charge in [-0.05, 0) is 7.05 Å². The summed E-state index contributed by atoms with van der Waals surface area (Å²) in [4.78, 5) is 4.38. The van der Waals surface area contributed by atoms with E-state index in [4.69, 9.17) is 5.73 Å². The normalized spacial score (nSPS) is 27.8. The predicted octanol–water partition coefficient (Wildman–Crippen LogP) is -0.469. The van der Waals surface area contributed by atoms with Crippen LogP contribution in [0.1, 0.15) is 0 Å². The van der Waals surface area contributed by atoms with E-state index in [0.29, 0.717) is 19.1 Å². The molecule has 1 saturated heterocycles. The van der Waals surface area contributed by atoms with Crippen molar-refractivity contribution in [1.82, 2.24) is 9.80 Å². The van der Waals surface area contributed by atoms with Gasteiger partial charge in [-0.3, -0.25) is 4.90 Å². The number of rotatable bonds is 3. The minimum Gasteiger partial charge on any atom is -0.329 e. The van der Waals surface area contributed by atoms with Gasteiger partial charge in [0.15, 0.2) is 0 Å². The Morgan fingerprint density at radius 2 is 2.25 bits per heavy atom. The van der Waals surface area contributed by atoms with Crippen LogP contribution < -0.4 is 5.73 Å². The Kier molecular flexibility index (Phi) is 3.91. The number of likely N-dealkylation sites (N-methyl/N-ethyl adjacent to an activating group) is 1. The molecular weight excluding hydrogens is 157 g/mol. The first-order chi connectivity index (χ1) is 5.77. The van der Waals surface area contributed by atoms with Crippen LogP contribution in [0.2, 0.25) is 0 Å². The fraction of sp³-hybridized carbons (Fsp3) is 1.00. The van der Waals surface area contributed by atoms with E-state index in [2.05, 4.69) is 16.8 Å². The zero-order valence-corrected chi connectivity index (χ0v) is 7.67. The number of piperazine rings is 1. The average molecular weight is 175 g/mol. The maximum absolute atomic E-state index is 12.1. The summed E-state index contributed by atoms with van der Waals surface area (Å²) in [6.45, 7) is 3.84. The third kappa shape index (κ3) is 2.40. The molecule has 0 aromatic rings. The van der Waals surface area contributed by atoms with Crippen molar-refractivity contribution in [3.8, 4) is 0 Å². The van der Waals surface area contributed by atoms with E-state index in [0.717, 1.165) is 19.6 Å². The Morgan fingerprint density at radius 3 is 2.83 bits per heavy atom. The number of hydrogen-bond donors (Lipinski definition) is 1. The molecule has 0 radical (unpaired) electrons. The van der Waals surface area contributed by atoms with Crippen LogP contribution in [-0.2, 0) is 0 Å². The molecule has 0 aromatic heterocycles. The van der Waals surface area contributed by atoms with Crippen LogP contribution in [0.5, 0.6) is 0 Å². The highest BCUT2D eigenvalue weighted by Crippen LogP contribution is 2.06. The molecule has 0 saturated carbocycles. The van der Waals surface area contributed by atoms with Crippen LogP contribution in [-0.4, -0.2) is 62.3 Å². The summed E-state index contributed by atoms with van der Waals surface area (Å²) in [6.07, 6.45) is 0. The second kappa shape index (κ2) is 4.74. The zero-order valence-electron chi connectivity index (χ0n) is 7.67. The highest BCUT2D eigenvalue weighted by molar-refractivity contribution is 4.80. The lowest BCUT2D eigenvalue weighted by atomic mass is 10.2. The van der Waals surface area contributed by atoms with E-state index in [9.17, 15) is 4.39 Å². The molecule has 12 heavy (non-hydrogen) atoms. The monoisotopic (exact) mass is 175 g/mol. The van der Waals surface area contributed by atoms with E-state index in [-0.39, 0.29) is 6.67 Å². The minimum atomic E-state index is -0.264. The molecular formula is C8H18FN3. The Hall–Kier alpha value is -0.190. The number of alkyl halides is 1. The second-order valence-electron chi connectivity index (χ2n) is 3.38. The molecule has 1 rings (SSSR count). The largest absolute Gasteiger partial charge is 0.329 e. The van der Waals surface area contributed by atoms with Crippen molar-refractivity contribution < 1.29 is 4.39 Å². The molecule has 2 N–H and O–H groups in total. The molecule has 1 atom stereocenters. The van der Waals surface area contributed by atoms with Crippen molar-refractivity contribution in [2.45, 2.75) is 6.04 Å². The van der Waals surface area contributed by atoms with E-state index >= 15 is 0 Å². The summed E-state index contributed by atoms with van der Waals surface area (Å²) in [5.74, 6) is 0. The SMILES string of the molecule is CN1CCN(CCF)C(CN)C1. The van der Waals surface area contributed by atoms with Gasteiger partial charge >= 0.3 is 0 Å². The summed E-state index contributed by atoms with van der Waals surface area (Å²) in [5.41, 5.74) is 5.60. The number of hydrogen-bond acceptors (Lipinski definition) is 3. The summed E-state index contributed by atoms with van der Waals surface area (Å²) in [6, 6.07) is 0.347. The van der Waals surface area contributed by atoms with Crippen LogP contribution >= 0.6 is 0 Å². The maximum atomic E-state index is 12.1. The first-order valence-corrected chi connectivity index (χ1v) is 4.46. The van der Waals surface area contributed by atoms with E-state index < -0.39 is 0 Å². The third-order valence-corrected chi connectivity index (χ3v) is 2.45. The standard InChI is InChI=1S/C8H18FN3/c1-11-4-5-12(3-2-9)8(6-10)7-11/h8H,2-7,10H2,1H3. The van der Waals surface area contributed by atoms with Gasteiger partial charge in [0, 0.05) is 38.8 Å². The summed E-state index contributed by atoms with van der Waals surface area (Å²) in [7, 11) is 2.08. The predicted molar refractivity (Wildman–Crippen MR) is 47.9 cm³/mol. The van der Waals surface area contributed by atoms with Crippen molar-refractivity contribution in [1.29, 1.82) is 0 Å². The Labute approximate surface area is 73.3 Å². The molecule has 1 aliphatic heterocycles. The Morgan fingerprint density at radius 1 is 1.50 bits per heavy atom. The molecule has 4 heteroatoms. The first kappa shape index (κ1) is 9.89. The molecule has 0 aliphatic carbocycles. The zero-order chi connectivity index (χ0) is 8.97. The van der Waals surface area contributed by atoms with Crippen LogP contribution in [0.4, 0.5) is 4.39 Å². The van der Waals surface area contributed by atoms with Gasteiger partial charge in [0.2, 0.25) is 0 Å². The molecule has 3 nitrogen and oxygen atoms in total. The van der Waals surface area contributed by atoms with Crippen molar-refractivity contribution in [3.63, 3.8) is 0 Å². The fourth-order valence-corrected chi connectivity index (χ4v) is 1.67. The van der Waals surface area contributed by atoms with E-state index in [1.807, 2.05) is 0 Å². The lowest BCUT2D eigenvalue weighted by Crippen LogP contribution is -2.55. The van der Waals surface area contributed by atoms with Crippen LogP contribution in [0.25, 0.3) is 0 Å². The highest BCUT2D eigenvalue weighted by Gasteiger charge is 2.23. The van der Waals surface area contributed by atoms with Crippen LogP contribution in [0, 0.1) is 0 Å². The molecule has 1 heterocycles. The lowest BCUT2D eigenvalue weighted by molar-refractivity contribution is 0.0886. The van der Waals surface area contributed by atoms with Crippen molar-refractivity contribution in [3.05, 3.63) is 0 Å². The molecule has 0 aromatic carbocycles. The smallest absolute Gasteiger partial charge is 0.102 e. The van der Waals surface area contributed by atoms with Gasteiger partial charge in [0.05, 0.1) is 0 Å². The average Bonchev–Trinajstić information content (AvgIpc) is 2.08. The highest BCUT2D eigenvalue weighted by atomic mass is 19.1. The van der Waals surface area contributed by atoms with E-state index in [1.165, 1.54) is 0 Å². The topological polar surface area (TPSA) is 32.5 Å². The molecule has 0 amide bonds. The lowest BCUT2D eigenvalue weighted by Gasteiger charge is -2.38. The number of nitrogens with two attached hydrogens (primary N) is 1. The first-order valence-electron chi connectivity index (χ1n) is 4.46. The summed E-state index contributed by atoms with van der Waals surface area (Å²) in [5, 5.41) is 0. The quantitative estimate of drug-likeness (QED) is 0.629. The van der Waals surface area contributed by atoms with Crippen molar-refractivity contribution in [2.24, 2.45) is 5.73 Å². The van der Waals surface area contributed by atoms with Crippen molar-refractivity contribution >= 4 is 0 Å². The van der Waals surface area contributed by atoms with Gasteiger partial charge in [-0.15, -0.1) is 0 Å². The third-order valence-electron chi connectivity index (χ3n) is 2.45. The summed E-state index contributed by atoms with van der Waals surface area (Å²) < 4.78 is 12.1. The number of halogens is 1. The molecule has 0 bridgehead atoms. The van der Waals surface area contributed by atoms with Crippen LogP contribution in [0.15, 0.2) is 0 Å². The summed E-state index contributed by atoms with van der Waals surface area (Å²) >= 11 is 0. The van der Waals surface area contributed by atoms with Gasteiger partial charge in [-0.2, -0.15) is 0 Å². The van der Waals surface area contributed by atoms with E-state index in [1.54, 1.807) is 0 Å². The molecule has 1 unspecified atom stereocenters. The molecule has 1 fully saturated rings. The number of nitrogens with zero attached hydrogens (tertiary/aromatic N) is 2. The van der Waals surface area contributed by atoms with Crippen molar-refractivity contribution in [2.75, 3.05) is 46.4 Å². The molecule has 72 valence electrons. The maximum Gasteiger partial charge on any atom is 0.102 e. The minimum absolute atomic E-state index is 0.264. The molecule has 0 spiro atoms.